The van der Waals surface area contributed by atoms with Crippen molar-refractivity contribution in [3.05, 3.63) is 59.9 Å². The van der Waals surface area contributed by atoms with Crippen LogP contribution in [0.3, 0.4) is 0 Å². The Kier molecular flexibility index (Phi) is 3.57. The standard InChI is InChI=1S/C14H13NO3/c1-18-12-4-2-3-11(9-12)13(14(16)17)10-5-7-15-8-6-10/h2-9,13H,1H3,(H,16,17). The molecule has 1 unspecified atom stereocenters. The Balaban J connectivity index is 2.45. The minimum Gasteiger partial charge on any atom is -0.497 e. The van der Waals surface area contributed by atoms with E-state index in [-0.39, 0.29) is 0 Å². The molecule has 1 N–H and O–H groups in total. The average Bonchev–Trinajstić information content (AvgIpc) is 2.40. The van der Waals surface area contributed by atoms with Crippen LogP contribution in [0.5, 0.6) is 5.75 Å². The number of carbonyl (C=O) groups is 1. The molecule has 4 heteroatoms. The number of pyridine rings is 1. The van der Waals surface area contributed by atoms with Gasteiger partial charge < -0.3 is 9.84 Å². The van der Waals surface area contributed by atoms with Crippen molar-refractivity contribution in [2.75, 3.05) is 7.11 Å². The van der Waals surface area contributed by atoms with Crippen molar-refractivity contribution in [2.45, 2.75) is 5.92 Å². The molecule has 0 aliphatic rings. The van der Waals surface area contributed by atoms with E-state index in [4.69, 9.17) is 4.74 Å². The largest absolute Gasteiger partial charge is 0.497 e. The summed E-state index contributed by atoms with van der Waals surface area (Å²) >= 11 is 0. The maximum Gasteiger partial charge on any atom is 0.315 e. The lowest BCUT2D eigenvalue weighted by atomic mass is 9.92. The first-order valence-corrected chi connectivity index (χ1v) is 5.49. The van der Waals surface area contributed by atoms with Crippen molar-refractivity contribution in [1.29, 1.82) is 0 Å². The molecule has 0 aliphatic carbocycles. The Morgan fingerprint density at radius 1 is 1.22 bits per heavy atom. The lowest BCUT2D eigenvalue weighted by Gasteiger charge is -2.13. The zero-order valence-electron chi connectivity index (χ0n) is 9.91. The van der Waals surface area contributed by atoms with Crippen LogP contribution < -0.4 is 4.74 Å². The highest BCUT2D eigenvalue weighted by Crippen LogP contribution is 2.27. The number of aliphatic carboxylic acids is 1. The number of hydrogen-bond donors (Lipinski definition) is 1. The van der Waals surface area contributed by atoms with Crippen molar-refractivity contribution >= 4 is 5.97 Å². The highest BCUT2D eigenvalue weighted by Gasteiger charge is 2.22. The third-order valence-electron chi connectivity index (χ3n) is 2.71. The summed E-state index contributed by atoms with van der Waals surface area (Å²) < 4.78 is 5.12. The van der Waals surface area contributed by atoms with Crippen molar-refractivity contribution < 1.29 is 14.6 Å². The van der Waals surface area contributed by atoms with Crippen LogP contribution in [0.4, 0.5) is 0 Å². The Labute approximate surface area is 105 Å². The smallest absolute Gasteiger partial charge is 0.315 e. The van der Waals surface area contributed by atoms with Crippen LogP contribution in [0.25, 0.3) is 0 Å². The van der Waals surface area contributed by atoms with Gasteiger partial charge in [0, 0.05) is 12.4 Å². The van der Waals surface area contributed by atoms with Gasteiger partial charge in [-0.05, 0) is 35.4 Å². The molecule has 1 aromatic carbocycles. The molecule has 0 aliphatic heterocycles. The van der Waals surface area contributed by atoms with Crippen LogP contribution in [0.15, 0.2) is 48.8 Å². The maximum absolute atomic E-state index is 11.4. The number of aromatic nitrogens is 1. The Morgan fingerprint density at radius 3 is 2.56 bits per heavy atom. The quantitative estimate of drug-likeness (QED) is 0.895. The average molecular weight is 243 g/mol. The van der Waals surface area contributed by atoms with Crippen LogP contribution in [-0.4, -0.2) is 23.2 Å². The van der Waals surface area contributed by atoms with Gasteiger partial charge in [0.1, 0.15) is 11.7 Å². The molecule has 0 bridgehead atoms. The number of ether oxygens (including phenoxy) is 1. The normalized spacial score (nSPS) is 11.8. The highest BCUT2D eigenvalue weighted by molar-refractivity contribution is 5.80. The number of nitrogens with zero attached hydrogens (tertiary/aromatic N) is 1. The van der Waals surface area contributed by atoms with Crippen molar-refractivity contribution in [2.24, 2.45) is 0 Å². The Bertz CT molecular complexity index is 540. The van der Waals surface area contributed by atoms with E-state index >= 15 is 0 Å². The summed E-state index contributed by atoms with van der Waals surface area (Å²) in [4.78, 5) is 15.3. The summed E-state index contributed by atoms with van der Waals surface area (Å²) in [6.45, 7) is 0. The van der Waals surface area contributed by atoms with E-state index < -0.39 is 11.9 Å². The lowest BCUT2D eigenvalue weighted by Crippen LogP contribution is -2.13. The Morgan fingerprint density at radius 2 is 1.94 bits per heavy atom. The number of benzene rings is 1. The topological polar surface area (TPSA) is 59.4 Å². The molecule has 1 atom stereocenters. The van der Waals surface area contributed by atoms with Crippen LogP contribution in [0.1, 0.15) is 17.0 Å². The minimum absolute atomic E-state index is 0.646. The molecule has 0 spiro atoms. The van der Waals surface area contributed by atoms with Crippen molar-refractivity contribution in [1.82, 2.24) is 4.98 Å². The zero-order chi connectivity index (χ0) is 13.0. The van der Waals surface area contributed by atoms with Crippen LogP contribution in [-0.2, 0) is 4.79 Å². The minimum atomic E-state index is -0.894. The second kappa shape index (κ2) is 5.31. The first-order valence-electron chi connectivity index (χ1n) is 5.49. The van der Waals surface area contributed by atoms with Gasteiger partial charge in [-0.25, -0.2) is 0 Å². The summed E-state index contributed by atoms with van der Waals surface area (Å²) in [7, 11) is 1.56. The number of methoxy groups -OCH3 is 1. The molecule has 4 nitrogen and oxygen atoms in total. The number of carboxylic acids is 1. The molecule has 2 rings (SSSR count). The van der Waals surface area contributed by atoms with E-state index in [1.54, 1.807) is 55.9 Å². The second-order valence-corrected chi connectivity index (χ2v) is 3.83. The molecule has 0 radical (unpaired) electrons. The number of carboxylic acid groups (broad SMARTS) is 1. The first kappa shape index (κ1) is 12.1. The van der Waals surface area contributed by atoms with Gasteiger partial charge in [-0.1, -0.05) is 12.1 Å². The molecule has 2 aromatic rings. The van der Waals surface area contributed by atoms with Gasteiger partial charge in [0.15, 0.2) is 0 Å². The molecule has 0 amide bonds. The molecule has 1 aromatic heterocycles. The number of hydrogen-bond acceptors (Lipinski definition) is 3. The van der Waals surface area contributed by atoms with Crippen LogP contribution in [0, 0.1) is 0 Å². The van der Waals surface area contributed by atoms with Crippen LogP contribution in [0.2, 0.25) is 0 Å². The highest BCUT2D eigenvalue weighted by atomic mass is 16.5. The molecule has 0 fully saturated rings. The molecular formula is C14H13NO3. The molecule has 18 heavy (non-hydrogen) atoms. The summed E-state index contributed by atoms with van der Waals surface area (Å²) in [5, 5.41) is 9.38. The first-order chi connectivity index (χ1) is 8.72. The summed E-state index contributed by atoms with van der Waals surface area (Å²) in [5.74, 6) is -0.953. The molecule has 1 heterocycles. The van der Waals surface area contributed by atoms with Gasteiger partial charge in [0.25, 0.3) is 0 Å². The fourth-order valence-corrected chi connectivity index (χ4v) is 1.85. The van der Waals surface area contributed by atoms with Gasteiger partial charge in [-0.15, -0.1) is 0 Å². The maximum atomic E-state index is 11.4. The third-order valence-corrected chi connectivity index (χ3v) is 2.71. The monoisotopic (exact) mass is 243 g/mol. The van der Waals surface area contributed by atoms with Crippen molar-refractivity contribution in [3.63, 3.8) is 0 Å². The van der Waals surface area contributed by atoms with Gasteiger partial charge >= 0.3 is 5.97 Å². The number of rotatable bonds is 4. The predicted octanol–water partition coefficient (Wildman–Crippen LogP) is 2.31. The lowest BCUT2D eigenvalue weighted by molar-refractivity contribution is -0.137. The Hall–Kier alpha value is -2.36. The second-order valence-electron chi connectivity index (χ2n) is 3.83. The fraction of sp³-hybridized carbons (Fsp3) is 0.143. The summed E-state index contributed by atoms with van der Waals surface area (Å²) in [6, 6.07) is 10.5. The molecule has 0 saturated heterocycles. The predicted molar refractivity (Wildman–Crippen MR) is 66.7 cm³/mol. The third kappa shape index (κ3) is 2.48. The van der Waals surface area contributed by atoms with Gasteiger partial charge in [-0.2, -0.15) is 0 Å². The van der Waals surface area contributed by atoms with E-state index in [0.717, 1.165) is 0 Å². The molecule has 0 saturated carbocycles. The van der Waals surface area contributed by atoms with Gasteiger partial charge in [0.05, 0.1) is 7.11 Å². The van der Waals surface area contributed by atoms with Crippen molar-refractivity contribution in [3.8, 4) is 5.75 Å². The van der Waals surface area contributed by atoms with Gasteiger partial charge in [-0.3, -0.25) is 9.78 Å². The fourth-order valence-electron chi connectivity index (χ4n) is 1.85. The SMILES string of the molecule is COc1cccc(C(C(=O)O)c2ccncc2)c1. The van der Waals surface area contributed by atoms with E-state index in [0.29, 0.717) is 16.9 Å². The van der Waals surface area contributed by atoms with Gasteiger partial charge in [0.2, 0.25) is 0 Å². The van der Waals surface area contributed by atoms with E-state index in [9.17, 15) is 9.90 Å². The molecular weight excluding hydrogens is 230 g/mol. The van der Waals surface area contributed by atoms with E-state index in [1.807, 2.05) is 0 Å². The van der Waals surface area contributed by atoms with Crippen LogP contribution >= 0.6 is 0 Å². The summed E-state index contributed by atoms with van der Waals surface area (Å²) in [6.07, 6.45) is 3.18. The zero-order valence-corrected chi connectivity index (χ0v) is 9.91. The molecule has 92 valence electrons. The summed E-state index contributed by atoms with van der Waals surface area (Å²) in [5.41, 5.74) is 1.39. The van der Waals surface area contributed by atoms with E-state index in [2.05, 4.69) is 4.98 Å². The van der Waals surface area contributed by atoms with E-state index in [1.165, 1.54) is 0 Å².